The van der Waals surface area contributed by atoms with Crippen LogP contribution in [-0.4, -0.2) is 24.4 Å². The first-order valence-electron chi connectivity index (χ1n) is 7.52. The SMILES string of the molecule is C[C@@H](NC(=O)CN(C)Cc1ccc(F)cc1)c1ccc(Cl)cc1Cl. The number of halogens is 3. The fourth-order valence-electron chi connectivity index (χ4n) is 2.42. The van der Waals surface area contributed by atoms with Crippen LogP contribution in [-0.2, 0) is 11.3 Å². The van der Waals surface area contributed by atoms with Gasteiger partial charge in [0.15, 0.2) is 0 Å². The van der Waals surface area contributed by atoms with Crippen molar-refractivity contribution in [3.8, 4) is 0 Å². The van der Waals surface area contributed by atoms with Crippen molar-refractivity contribution in [1.29, 1.82) is 0 Å². The molecule has 0 aliphatic heterocycles. The Balaban J connectivity index is 1.88. The van der Waals surface area contributed by atoms with Crippen LogP contribution in [0.25, 0.3) is 0 Å². The maximum absolute atomic E-state index is 12.9. The van der Waals surface area contributed by atoms with Crippen molar-refractivity contribution >= 4 is 29.1 Å². The molecule has 0 aliphatic carbocycles. The van der Waals surface area contributed by atoms with E-state index in [1.54, 1.807) is 30.3 Å². The third-order valence-electron chi connectivity index (χ3n) is 3.59. The molecule has 24 heavy (non-hydrogen) atoms. The van der Waals surface area contributed by atoms with E-state index in [-0.39, 0.29) is 24.3 Å². The van der Waals surface area contributed by atoms with E-state index in [1.807, 2.05) is 18.9 Å². The third kappa shape index (κ3) is 5.48. The van der Waals surface area contributed by atoms with Gasteiger partial charge in [-0.2, -0.15) is 0 Å². The van der Waals surface area contributed by atoms with Crippen LogP contribution in [0.5, 0.6) is 0 Å². The highest BCUT2D eigenvalue weighted by molar-refractivity contribution is 6.35. The van der Waals surface area contributed by atoms with E-state index in [1.165, 1.54) is 12.1 Å². The number of amides is 1. The number of likely N-dealkylation sites (N-methyl/N-ethyl adjacent to an activating group) is 1. The number of nitrogens with zero attached hydrogens (tertiary/aromatic N) is 1. The highest BCUT2D eigenvalue weighted by Crippen LogP contribution is 2.26. The molecule has 0 aromatic heterocycles. The van der Waals surface area contributed by atoms with E-state index in [9.17, 15) is 9.18 Å². The Hall–Kier alpha value is -1.62. The van der Waals surface area contributed by atoms with Gasteiger partial charge in [0.05, 0.1) is 12.6 Å². The molecule has 128 valence electrons. The summed E-state index contributed by atoms with van der Waals surface area (Å²) in [5, 5.41) is 3.99. The lowest BCUT2D eigenvalue weighted by Gasteiger charge is -2.20. The average Bonchev–Trinajstić information content (AvgIpc) is 2.49. The summed E-state index contributed by atoms with van der Waals surface area (Å²) < 4.78 is 12.9. The number of nitrogens with one attached hydrogen (secondary N) is 1. The zero-order valence-corrected chi connectivity index (χ0v) is 15.0. The van der Waals surface area contributed by atoms with Crippen molar-refractivity contribution in [2.75, 3.05) is 13.6 Å². The zero-order valence-electron chi connectivity index (χ0n) is 13.5. The van der Waals surface area contributed by atoms with Crippen LogP contribution >= 0.6 is 23.2 Å². The van der Waals surface area contributed by atoms with Crippen molar-refractivity contribution in [1.82, 2.24) is 10.2 Å². The monoisotopic (exact) mass is 368 g/mol. The number of rotatable bonds is 6. The van der Waals surface area contributed by atoms with Crippen LogP contribution in [0.3, 0.4) is 0 Å². The van der Waals surface area contributed by atoms with Gasteiger partial charge in [-0.25, -0.2) is 4.39 Å². The number of carbonyl (C=O) groups excluding carboxylic acids is 1. The lowest BCUT2D eigenvalue weighted by Crippen LogP contribution is -2.36. The van der Waals surface area contributed by atoms with Gasteiger partial charge in [-0.15, -0.1) is 0 Å². The van der Waals surface area contributed by atoms with E-state index in [0.717, 1.165) is 11.1 Å². The summed E-state index contributed by atoms with van der Waals surface area (Å²) in [6.45, 7) is 2.66. The molecule has 0 bridgehead atoms. The van der Waals surface area contributed by atoms with Gasteiger partial charge in [0, 0.05) is 16.6 Å². The molecule has 2 rings (SSSR count). The largest absolute Gasteiger partial charge is 0.348 e. The molecule has 1 N–H and O–H groups in total. The molecule has 6 heteroatoms. The molecule has 1 amide bonds. The standard InChI is InChI=1S/C18H19Cl2FN2O/c1-12(16-8-5-14(19)9-17(16)20)22-18(24)11-23(2)10-13-3-6-15(21)7-4-13/h3-9,12H,10-11H2,1-2H3,(H,22,24)/t12-/m1/s1. The minimum absolute atomic E-state index is 0.113. The Morgan fingerprint density at radius 2 is 1.88 bits per heavy atom. The van der Waals surface area contributed by atoms with Crippen molar-refractivity contribution in [3.63, 3.8) is 0 Å². The summed E-state index contributed by atoms with van der Waals surface area (Å²) in [6.07, 6.45) is 0. The van der Waals surface area contributed by atoms with E-state index in [0.29, 0.717) is 16.6 Å². The number of benzene rings is 2. The van der Waals surface area contributed by atoms with Gasteiger partial charge in [-0.3, -0.25) is 9.69 Å². The molecule has 0 aliphatic rings. The Kier molecular flexibility index (Phi) is 6.60. The van der Waals surface area contributed by atoms with E-state index < -0.39 is 0 Å². The molecule has 0 saturated heterocycles. The first-order valence-corrected chi connectivity index (χ1v) is 8.28. The number of carbonyl (C=O) groups is 1. The Morgan fingerprint density at radius 1 is 1.21 bits per heavy atom. The first kappa shape index (κ1) is 18.7. The Bertz CT molecular complexity index is 707. The second-order valence-electron chi connectivity index (χ2n) is 5.75. The predicted octanol–water partition coefficient (Wildman–Crippen LogP) is 4.44. The maximum Gasteiger partial charge on any atom is 0.234 e. The summed E-state index contributed by atoms with van der Waals surface area (Å²) >= 11 is 12.0. The Labute approximate surface area is 151 Å². The lowest BCUT2D eigenvalue weighted by atomic mass is 10.1. The van der Waals surface area contributed by atoms with Gasteiger partial charge in [0.1, 0.15) is 5.82 Å². The molecular formula is C18H19Cl2FN2O. The summed E-state index contributed by atoms with van der Waals surface area (Å²) in [6, 6.07) is 11.2. The van der Waals surface area contributed by atoms with E-state index in [2.05, 4.69) is 5.32 Å². The molecule has 0 heterocycles. The topological polar surface area (TPSA) is 32.3 Å². The van der Waals surface area contributed by atoms with Crippen molar-refractivity contribution < 1.29 is 9.18 Å². The van der Waals surface area contributed by atoms with Crippen molar-refractivity contribution in [2.45, 2.75) is 19.5 Å². The van der Waals surface area contributed by atoms with Crippen LogP contribution in [0.2, 0.25) is 10.0 Å². The lowest BCUT2D eigenvalue weighted by molar-refractivity contribution is -0.122. The molecule has 0 saturated carbocycles. The van der Waals surface area contributed by atoms with Crippen LogP contribution in [0, 0.1) is 5.82 Å². The van der Waals surface area contributed by atoms with Crippen LogP contribution < -0.4 is 5.32 Å². The quantitative estimate of drug-likeness (QED) is 0.817. The molecule has 1 atom stereocenters. The highest BCUT2D eigenvalue weighted by atomic mass is 35.5. The molecule has 2 aromatic rings. The second kappa shape index (κ2) is 8.47. The fraction of sp³-hybridized carbons (Fsp3) is 0.278. The van der Waals surface area contributed by atoms with Gasteiger partial charge >= 0.3 is 0 Å². The Morgan fingerprint density at radius 3 is 2.50 bits per heavy atom. The number of hydrogen-bond acceptors (Lipinski definition) is 2. The van der Waals surface area contributed by atoms with Gasteiger partial charge < -0.3 is 5.32 Å². The summed E-state index contributed by atoms with van der Waals surface area (Å²) in [4.78, 5) is 14.0. The summed E-state index contributed by atoms with van der Waals surface area (Å²) in [7, 11) is 1.84. The normalized spacial score (nSPS) is 12.2. The smallest absolute Gasteiger partial charge is 0.234 e. The highest BCUT2D eigenvalue weighted by Gasteiger charge is 2.14. The van der Waals surface area contributed by atoms with Crippen LogP contribution in [0.15, 0.2) is 42.5 Å². The van der Waals surface area contributed by atoms with Gasteiger partial charge in [0.2, 0.25) is 5.91 Å². The molecule has 0 radical (unpaired) electrons. The molecule has 0 fully saturated rings. The third-order valence-corrected chi connectivity index (χ3v) is 4.15. The van der Waals surface area contributed by atoms with Gasteiger partial charge in [-0.05, 0) is 49.4 Å². The molecule has 2 aromatic carbocycles. The van der Waals surface area contributed by atoms with Crippen LogP contribution in [0.4, 0.5) is 4.39 Å². The summed E-state index contributed by atoms with van der Waals surface area (Å²) in [5.74, 6) is -0.383. The van der Waals surface area contributed by atoms with Crippen molar-refractivity contribution in [2.24, 2.45) is 0 Å². The molecular weight excluding hydrogens is 350 g/mol. The predicted molar refractivity (Wildman–Crippen MR) is 95.8 cm³/mol. The average molecular weight is 369 g/mol. The second-order valence-corrected chi connectivity index (χ2v) is 6.60. The minimum Gasteiger partial charge on any atom is -0.348 e. The van der Waals surface area contributed by atoms with E-state index in [4.69, 9.17) is 23.2 Å². The zero-order chi connectivity index (χ0) is 17.7. The number of hydrogen-bond donors (Lipinski definition) is 1. The van der Waals surface area contributed by atoms with Crippen molar-refractivity contribution in [3.05, 3.63) is 69.5 Å². The van der Waals surface area contributed by atoms with Gasteiger partial charge in [0.25, 0.3) is 0 Å². The van der Waals surface area contributed by atoms with E-state index >= 15 is 0 Å². The van der Waals surface area contributed by atoms with Crippen LogP contribution in [0.1, 0.15) is 24.1 Å². The maximum atomic E-state index is 12.9. The fourth-order valence-corrected chi connectivity index (χ4v) is 2.99. The van der Waals surface area contributed by atoms with Gasteiger partial charge in [-0.1, -0.05) is 41.4 Å². The first-order chi connectivity index (χ1) is 11.3. The molecule has 3 nitrogen and oxygen atoms in total. The molecule has 0 spiro atoms. The summed E-state index contributed by atoms with van der Waals surface area (Å²) in [5.41, 5.74) is 1.76. The molecule has 0 unspecified atom stereocenters. The minimum atomic E-state index is -0.271.